The Morgan fingerprint density at radius 2 is 1.23 bits per heavy atom. The van der Waals surface area contributed by atoms with Crippen LogP contribution in [-0.4, -0.2) is 5.97 Å². The number of unbranched alkanes of at least 4 members (excludes halogenated alkanes) is 12. The summed E-state index contributed by atoms with van der Waals surface area (Å²) in [5.41, 5.74) is 1.14. The van der Waals surface area contributed by atoms with Crippen LogP contribution in [0.5, 0.6) is 0 Å². The van der Waals surface area contributed by atoms with Gasteiger partial charge in [-0.1, -0.05) is 84.0 Å². The second-order valence-corrected chi connectivity index (χ2v) is 6.85. The van der Waals surface area contributed by atoms with Crippen molar-refractivity contribution < 1.29 is 9.53 Å². The Bertz CT molecular complexity index is 331. The van der Waals surface area contributed by atoms with Crippen LogP contribution < -0.4 is 0 Å². The number of carbonyl (C=O) groups excluding carboxylic acids is 1. The van der Waals surface area contributed by atoms with E-state index in [-0.39, 0.29) is 5.97 Å². The van der Waals surface area contributed by atoms with Gasteiger partial charge >= 0.3 is 5.97 Å². The normalized spacial score (nSPS) is 14.7. The van der Waals surface area contributed by atoms with E-state index in [1.54, 1.807) is 0 Å². The van der Waals surface area contributed by atoms with E-state index >= 15 is 0 Å². The van der Waals surface area contributed by atoms with Gasteiger partial charge in [-0.3, -0.25) is 4.79 Å². The van der Waals surface area contributed by atoms with E-state index in [1.807, 2.05) is 6.92 Å². The highest BCUT2D eigenvalue weighted by molar-refractivity contribution is 5.76. The maximum atomic E-state index is 11.1. The highest BCUT2D eigenvalue weighted by atomic mass is 16.5. The molecule has 0 atom stereocenters. The molecule has 1 aliphatic heterocycles. The molecule has 0 aromatic carbocycles. The van der Waals surface area contributed by atoms with Gasteiger partial charge in [0, 0.05) is 6.42 Å². The summed E-state index contributed by atoms with van der Waals surface area (Å²) >= 11 is 0. The summed E-state index contributed by atoms with van der Waals surface area (Å²) < 4.78 is 5.22. The van der Waals surface area contributed by atoms with E-state index in [0.29, 0.717) is 6.42 Å². The lowest BCUT2D eigenvalue weighted by molar-refractivity contribution is -0.136. The third-order valence-corrected chi connectivity index (χ3v) is 4.63. The quantitative estimate of drug-likeness (QED) is 0.264. The van der Waals surface area contributed by atoms with Crippen LogP contribution in [0.1, 0.15) is 110 Å². The van der Waals surface area contributed by atoms with Crippen LogP contribution in [0.4, 0.5) is 0 Å². The van der Waals surface area contributed by atoms with Gasteiger partial charge in [0.1, 0.15) is 5.76 Å². The minimum absolute atomic E-state index is 0.0674. The molecule has 0 N–H and O–H groups in total. The van der Waals surface area contributed by atoms with Crippen LogP contribution >= 0.6 is 0 Å². The van der Waals surface area contributed by atoms with Crippen molar-refractivity contribution in [3.63, 3.8) is 0 Å². The molecule has 0 radical (unpaired) electrons. The summed E-state index contributed by atoms with van der Waals surface area (Å²) in [4.78, 5) is 11.1. The van der Waals surface area contributed by atoms with Gasteiger partial charge in [0.2, 0.25) is 0 Å². The van der Waals surface area contributed by atoms with Crippen molar-refractivity contribution >= 4 is 5.97 Å². The van der Waals surface area contributed by atoms with Crippen molar-refractivity contribution in [3.05, 3.63) is 11.3 Å². The Kier molecular flexibility index (Phi) is 11.1. The number of rotatable bonds is 14. The topological polar surface area (TPSA) is 26.3 Å². The molecule has 0 unspecified atom stereocenters. The molecule has 0 amide bonds. The first-order valence-corrected chi connectivity index (χ1v) is 9.63. The zero-order chi connectivity index (χ0) is 16.0. The van der Waals surface area contributed by atoms with Crippen LogP contribution in [0, 0.1) is 0 Å². The van der Waals surface area contributed by atoms with E-state index in [0.717, 1.165) is 24.2 Å². The number of esters is 1. The van der Waals surface area contributed by atoms with Gasteiger partial charge in [0.05, 0.1) is 6.42 Å². The van der Waals surface area contributed by atoms with Crippen molar-refractivity contribution in [1.29, 1.82) is 0 Å². The molecule has 0 spiro atoms. The molecule has 0 bridgehead atoms. The second kappa shape index (κ2) is 12.7. The molecule has 2 heteroatoms. The Hall–Kier alpha value is -0.790. The van der Waals surface area contributed by atoms with E-state index < -0.39 is 0 Å². The monoisotopic (exact) mass is 308 g/mol. The molecule has 0 saturated heterocycles. The lowest BCUT2D eigenvalue weighted by atomic mass is 10.0. The fourth-order valence-corrected chi connectivity index (χ4v) is 3.14. The van der Waals surface area contributed by atoms with Crippen molar-refractivity contribution in [2.75, 3.05) is 0 Å². The van der Waals surface area contributed by atoms with Gasteiger partial charge in [-0.05, 0) is 18.9 Å². The molecule has 22 heavy (non-hydrogen) atoms. The Balaban J connectivity index is 1.79. The van der Waals surface area contributed by atoms with Crippen molar-refractivity contribution in [2.24, 2.45) is 0 Å². The average Bonchev–Trinajstić information content (AvgIpc) is 2.82. The highest BCUT2D eigenvalue weighted by Gasteiger charge is 2.19. The Morgan fingerprint density at radius 1 is 0.773 bits per heavy atom. The molecule has 0 aliphatic carbocycles. The Morgan fingerprint density at radius 3 is 1.64 bits per heavy atom. The first-order chi connectivity index (χ1) is 10.7. The van der Waals surface area contributed by atoms with E-state index in [9.17, 15) is 4.79 Å². The molecule has 0 aromatic rings. The van der Waals surface area contributed by atoms with Crippen LogP contribution in [-0.2, 0) is 9.53 Å². The molecule has 0 aromatic heterocycles. The number of cyclic esters (lactones) is 1. The predicted molar refractivity (Wildman–Crippen MR) is 93.7 cm³/mol. The summed E-state index contributed by atoms with van der Waals surface area (Å²) in [6.07, 6.45) is 19.3. The molecule has 1 heterocycles. The maximum Gasteiger partial charge on any atom is 0.315 e. The lowest BCUT2D eigenvalue weighted by Crippen LogP contribution is -1.93. The zero-order valence-electron chi connectivity index (χ0n) is 14.9. The standard InChI is InChI=1S/C20H36O2/c1-3-4-5-6-7-8-9-10-11-12-13-14-15-16-19-18(2)17-20(21)22-19/h3-17H2,1-2H3. The molecule has 0 fully saturated rings. The van der Waals surface area contributed by atoms with Gasteiger partial charge in [-0.2, -0.15) is 0 Å². The fraction of sp³-hybridized carbons (Fsp3) is 0.850. The van der Waals surface area contributed by atoms with Gasteiger partial charge in [0.15, 0.2) is 0 Å². The average molecular weight is 309 g/mol. The summed E-state index contributed by atoms with van der Waals surface area (Å²) in [6, 6.07) is 0. The SMILES string of the molecule is CCCCCCCCCCCCCCCC1=C(C)CC(=O)O1. The first-order valence-electron chi connectivity index (χ1n) is 9.63. The molecule has 1 aliphatic rings. The lowest BCUT2D eigenvalue weighted by Gasteiger charge is -2.04. The van der Waals surface area contributed by atoms with Gasteiger partial charge < -0.3 is 4.74 Å². The summed E-state index contributed by atoms with van der Waals surface area (Å²) in [7, 11) is 0. The number of hydrogen-bond acceptors (Lipinski definition) is 2. The molecule has 1 rings (SSSR count). The second-order valence-electron chi connectivity index (χ2n) is 6.85. The predicted octanol–water partition coefficient (Wildman–Crippen LogP) is 6.69. The van der Waals surface area contributed by atoms with E-state index in [1.165, 1.54) is 77.0 Å². The largest absolute Gasteiger partial charge is 0.431 e. The van der Waals surface area contributed by atoms with Crippen molar-refractivity contribution in [1.82, 2.24) is 0 Å². The minimum atomic E-state index is -0.0674. The van der Waals surface area contributed by atoms with E-state index in [4.69, 9.17) is 4.74 Å². The Labute approximate surface area is 137 Å². The summed E-state index contributed by atoms with van der Waals surface area (Å²) in [6.45, 7) is 4.29. The number of hydrogen-bond donors (Lipinski definition) is 0. The summed E-state index contributed by atoms with van der Waals surface area (Å²) in [5, 5.41) is 0. The van der Waals surface area contributed by atoms with Crippen LogP contribution in [0.15, 0.2) is 11.3 Å². The number of carbonyl (C=O) groups is 1. The molecular formula is C20H36O2. The van der Waals surface area contributed by atoms with Gasteiger partial charge in [-0.15, -0.1) is 0 Å². The zero-order valence-corrected chi connectivity index (χ0v) is 14.9. The van der Waals surface area contributed by atoms with Crippen LogP contribution in [0.25, 0.3) is 0 Å². The third-order valence-electron chi connectivity index (χ3n) is 4.63. The summed E-state index contributed by atoms with van der Waals surface area (Å²) in [5.74, 6) is 0.885. The molecule has 2 nitrogen and oxygen atoms in total. The van der Waals surface area contributed by atoms with Crippen molar-refractivity contribution in [2.45, 2.75) is 110 Å². The number of allylic oxidation sites excluding steroid dienone is 1. The number of ether oxygens (including phenoxy) is 1. The van der Waals surface area contributed by atoms with Gasteiger partial charge in [-0.25, -0.2) is 0 Å². The highest BCUT2D eigenvalue weighted by Crippen LogP contribution is 2.24. The minimum Gasteiger partial charge on any atom is -0.431 e. The van der Waals surface area contributed by atoms with Crippen LogP contribution in [0.2, 0.25) is 0 Å². The fourth-order valence-electron chi connectivity index (χ4n) is 3.14. The van der Waals surface area contributed by atoms with Crippen molar-refractivity contribution in [3.8, 4) is 0 Å². The molecule has 0 saturated carbocycles. The first kappa shape index (κ1) is 19.3. The van der Waals surface area contributed by atoms with E-state index in [2.05, 4.69) is 6.92 Å². The van der Waals surface area contributed by atoms with Gasteiger partial charge in [0.25, 0.3) is 0 Å². The molecule has 128 valence electrons. The van der Waals surface area contributed by atoms with Crippen LogP contribution in [0.3, 0.4) is 0 Å². The maximum absolute atomic E-state index is 11.1. The third kappa shape index (κ3) is 9.27. The molecular weight excluding hydrogens is 272 g/mol. The smallest absolute Gasteiger partial charge is 0.315 e.